The van der Waals surface area contributed by atoms with E-state index < -0.39 is 0 Å². The predicted molar refractivity (Wildman–Crippen MR) is 94.0 cm³/mol. The van der Waals surface area contributed by atoms with Gasteiger partial charge >= 0.3 is 0 Å². The summed E-state index contributed by atoms with van der Waals surface area (Å²) in [4.78, 5) is 5.19. The monoisotopic (exact) mass is 482 g/mol. The second kappa shape index (κ2) is 5.50. The standard InChI is InChI=1S/C12H5Br3S3/c13-6-1-9(16-4-6)10-3-8(15)12(18-10)11-2-7(14)5-17-11/h1-5H. The molecule has 3 aromatic rings. The van der Waals surface area contributed by atoms with Gasteiger partial charge in [-0.15, -0.1) is 34.0 Å². The predicted octanol–water partition coefficient (Wildman–Crippen LogP) is 7.49. The van der Waals surface area contributed by atoms with Crippen molar-refractivity contribution in [3.63, 3.8) is 0 Å². The molecule has 92 valence electrons. The molecular weight excluding hydrogens is 480 g/mol. The van der Waals surface area contributed by atoms with Gasteiger partial charge in [0.2, 0.25) is 0 Å². The summed E-state index contributed by atoms with van der Waals surface area (Å²) in [5.41, 5.74) is 0. The second-order valence-corrected chi connectivity index (χ2v) is 9.11. The molecular formula is C12H5Br3S3. The first-order valence-corrected chi connectivity index (χ1v) is 9.87. The van der Waals surface area contributed by atoms with Crippen molar-refractivity contribution in [1.82, 2.24) is 0 Å². The minimum Gasteiger partial charge on any atom is -0.142 e. The van der Waals surface area contributed by atoms with Gasteiger partial charge in [-0.05, 0) is 66.0 Å². The van der Waals surface area contributed by atoms with Gasteiger partial charge in [0.15, 0.2) is 0 Å². The Kier molecular flexibility index (Phi) is 4.13. The fourth-order valence-electron chi connectivity index (χ4n) is 1.53. The Morgan fingerprint density at radius 1 is 0.722 bits per heavy atom. The van der Waals surface area contributed by atoms with Crippen molar-refractivity contribution < 1.29 is 0 Å². The molecule has 3 aromatic heterocycles. The van der Waals surface area contributed by atoms with Crippen molar-refractivity contribution in [3.05, 3.63) is 42.4 Å². The van der Waals surface area contributed by atoms with E-state index in [-0.39, 0.29) is 0 Å². The fourth-order valence-corrected chi connectivity index (χ4v) is 6.63. The maximum atomic E-state index is 3.66. The Hall–Kier alpha value is 0.540. The molecule has 0 aromatic carbocycles. The number of halogens is 3. The van der Waals surface area contributed by atoms with Crippen LogP contribution in [0.4, 0.5) is 0 Å². The number of hydrogen-bond acceptors (Lipinski definition) is 3. The SMILES string of the molecule is Brc1csc(-c2cc(Br)c(-c3cc(Br)cs3)s2)c1. The van der Waals surface area contributed by atoms with E-state index in [0.29, 0.717) is 0 Å². The Balaban J connectivity index is 2.06. The van der Waals surface area contributed by atoms with Gasteiger partial charge in [0.05, 0.1) is 4.88 Å². The van der Waals surface area contributed by atoms with Crippen LogP contribution in [0.1, 0.15) is 0 Å². The lowest BCUT2D eigenvalue weighted by molar-refractivity contribution is 1.81. The van der Waals surface area contributed by atoms with Crippen LogP contribution < -0.4 is 0 Å². The van der Waals surface area contributed by atoms with Crippen molar-refractivity contribution >= 4 is 81.8 Å². The molecule has 18 heavy (non-hydrogen) atoms. The maximum absolute atomic E-state index is 3.66. The van der Waals surface area contributed by atoms with Crippen LogP contribution in [0.2, 0.25) is 0 Å². The van der Waals surface area contributed by atoms with E-state index in [1.807, 2.05) is 11.3 Å². The lowest BCUT2D eigenvalue weighted by Crippen LogP contribution is -1.61. The average Bonchev–Trinajstić information content (AvgIpc) is 2.99. The van der Waals surface area contributed by atoms with Crippen LogP contribution in [0.25, 0.3) is 19.5 Å². The number of hydrogen-bond donors (Lipinski definition) is 0. The summed E-state index contributed by atoms with van der Waals surface area (Å²) in [6.07, 6.45) is 0. The first-order valence-electron chi connectivity index (χ1n) is 4.91. The molecule has 6 heteroatoms. The number of thiophene rings is 3. The van der Waals surface area contributed by atoms with Crippen LogP contribution in [0.5, 0.6) is 0 Å². The van der Waals surface area contributed by atoms with Gasteiger partial charge in [-0.3, -0.25) is 0 Å². The van der Waals surface area contributed by atoms with Gasteiger partial charge in [-0.25, -0.2) is 0 Å². The zero-order valence-electron chi connectivity index (χ0n) is 8.75. The van der Waals surface area contributed by atoms with E-state index in [0.717, 1.165) is 8.95 Å². The highest BCUT2D eigenvalue weighted by atomic mass is 79.9. The Bertz CT molecular complexity index is 693. The smallest absolute Gasteiger partial charge is 0.0591 e. The molecule has 0 aliphatic carbocycles. The lowest BCUT2D eigenvalue weighted by Gasteiger charge is -1.91. The molecule has 0 N–H and O–H groups in total. The molecule has 0 unspecified atom stereocenters. The van der Waals surface area contributed by atoms with Crippen molar-refractivity contribution in [1.29, 1.82) is 0 Å². The zero-order valence-corrected chi connectivity index (χ0v) is 16.0. The molecule has 0 bridgehead atoms. The second-order valence-electron chi connectivity index (χ2n) is 3.55. The van der Waals surface area contributed by atoms with Gasteiger partial charge in [0, 0.05) is 38.8 Å². The van der Waals surface area contributed by atoms with Gasteiger partial charge in [-0.1, -0.05) is 0 Å². The van der Waals surface area contributed by atoms with E-state index in [1.165, 1.54) is 24.0 Å². The molecule has 3 rings (SSSR count). The minimum atomic E-state index is 1.14. The third kappa shape index (κ3) is 2.69. The Morgan fingerprint density at radius 3 is 1.89 bits per heavy atom. The normalized spacial score (nSPS) is 11.1. The van der Waals surface area contributed by atoms with Gasteiger partial charge in [-0.2, -0.15) is 0 Å². The van der Waals surface area contributed by atoms with E-state index >= 15 is 0 Å². The minimum absolute atomic E-state index is 1.14. The van der Waals surface area contributed by atoms with E-state index in [1.54, 1.807) is 22.7 Å². The summed E-state index contributed by atoms with van der Waals surface area (Å²) in [6, 6.07) is 6.53. The average molecular weight is 485 g/mol. The highest BCUT2D eigenvalue weighted by Gasteiger charge is 2.13. The highest BCUT2D eigenvalue weighted by molar-refractivity contribution is 9.11. The van der Waals surface area contributed by atoms with Crippen molar-refractivity contribution in [2.24, 2.45) is 0 Å². The molecule has 0 nitrogen and oxygen atoms in total. The van der Waals surface area contributed by atoms with E-state index in [2.05, 4.69) is 76.7 Å². The first-order chi connectivity index (χ1) is 8.63. The van der Waals surface area contributed by atoms with Crippen LogP contribution in [-0.2, 0) is 0 Å². The molecule has 0 aliphatic heterocycles. The molecule has 0 radical (unpaired) electrons. The first kappa shape index (κ1) is 13.5. The molecule has 0 saturated carbocycles. The topological polar surface area (TPSA) is 0 Å². The van der Waals surface area contributed by atoms with Gasteiger partial charge in [0.25, 0.3) is 0 Å². The van der Waals surface area contributed by atoms with Crippen LogP contribution >= 0.6 is 81.8 Å². The van der Waals surface area contributed by atoms with Crippen LogP contribution in [0, 0.1) is 0 Å². The van der Waals surface area contributed by atoms with Crippen LogP contribution in [0.15, 0.2) is 42.4 Å². The van der Waals surface area contributed by atoms with Crippen molar-refractivity contribution in [3.8, 4) is 19.5 Å². The summed E-state index contributed by atoms with van der Waals surface area (Å²) in [5.74, 6) is 0. The number of rotatable bonds is 2. The van der Waals surface area contributed by atoms with Crippen molar-refractivity contribution in [2.75, 3.05) is 0 Å². The molecule has 0 spiro atoms. The van der Waals surface area contributed by atoms with Gasteiger partial charge < -0.3 is 0 Å². The summed E-state index contributed by atoms with van der Waals surface area (Å²) in [6.45, 7) is 0. The molecule has 0 aliphatic rings. The summed E-state index contributed by atoms with van der Waals surface area (Å²) in [5, 5.41) is 4.23. The third-order valence-corrected chi connectivity index (χ3v) is 8.07. The van der Waals surface area contributed by atoms with Crippen LogP contribution in [0.3, 0.4) is 0 Å². The fraction of sp³-hybridized carbons (Fsp3) is 0. The molecule has 0 saturated heterocycles. The van der Waals surface area contributed by atoms with Gasteiger partial charge in [0.1, 0.15) is 0 Å². The molecule has 0 fully saturated rings. The summed E-state index contributed by atoms with van der Waals surface area (Å²) >= 11 is 16.0. The molecule has 0 atom stereocenters. The Labute approximate surface area is 142 Å². The van der Waals surface area contributed by atoms with Crippen molar-refractivity contribution in [2.45, 2.75) is 0 Å². The quantitative estimate of drug-likeness (QED) is 0.353. The molecule has 0 amide bonds. The zero-order chi connectivity index (χ0) is 12.7. The van der Waals surface area contributed by atoms with E-state index in [4.69, 9.17) is 0 Å². The molecule has 3 heterocycles. The third-order valence-electron chi connectivity index (χ3n) is 2.29. The lowest BCUT2D eigenvalue weighted by atomic mass is 10.3. The summed E-state index contributed by atoms with van der Waals surface area (Å²) in [7, 11) is 0. The van der Waals surface area contributed by atoms with E-state index in [9.17, 15) is 0 Å². The largest absolute Gasteiger partial charge is 0.142 e. The highest BCUT2D eigenvalue weighted by Crippen LogP contribution is 2.45. The maximum Gasteiger partial charge on any atom is 0.0591 e. The summed E-state index contributed by atoms with van der Waals surface area (Å²) < 4.78 is 3.46. The van der Waals surface area contributed by atoms with Crippen LogP contribution in [-0.4, -0.2) is 0 Å². The Morgan fingerprint density at radius 2 is 1.33 bits per heavy atom.